The molecule has 2 heteroatoms. The Balaban J connectivity index is 0.924. The van der Waals surface area contributed by atoms with Crippen molar-refractivity contribution in [2.75, 3.05) is 0 Å². The van der Waals surface area contributed by atoms with E-state index >= 15 is 0 Å². The number of rotatable bonds is 3. The average molecular weight is 769 g/mol. The molecule has 0 saturated heterocycles. The number of hydrogen-bond donors (Lipinski definition) is 0. The van der Waals surface area contributed by atoms with Crippen LogP contribution in [-0.4, -0.2) is 0 Å². The van der Waals surface area contributed by atoms with Gasteiger partial charge in [-0.15, -0.1) is 11.3 Å². The van der Waals surface area contributed by atoms with Crippen LogP contribution in [0, 0.1) is 0 Å². The van der Waals surface area contributed by atoms with Crippen LogP contribution in [0.25, 0.3) is 119 Å². The Kier molecular flexibility index (Phi) is 6.73. The van der Waals surface area contributed by atoms with Gasteiger partial charge in [0.2, 0.25) is 0 Å². The first kappa shape index (κ1) is 33.0. The molecule has 0 bridgehead atoms. The van der Waals surface area contributed by atoms with E-state index < -0.39 is 0 Å². The smallest absolute Gasteiger partial charge is 0.136 e. The zero-order valence-electron chi connectivity index (χ0n) is 32.6. The van der Waals surface area contributed by atoms with Crippen LogP contribution in [0.1, 0.15) is 25.0 Å². The van der Waals surface area contributed by atoms with Crippen LogP contribution in [0.2, 0.25) is 0 Å². The minimum Gasteiger partial charge on any atom is -0.456 e. The van der Waals surface area contributed by atoms with Gasteiger partial charge in [0.05, 0.1) is 0 Å². The van der Waals surface area contributed by atoms with Crippen molar-refractivity contribution in [3.05, 3.63) is 193 Å². The fourth-order valence-electron chi connectivity index (χ4n) is 10.5. The monoisotopic (exact) mass is 768 g/mol. The Bertz CT molecular complexity index is 3690. The first-order valence-electron chi connectivity index (χ1n) is 20.5. The summed E-state index contributed by atoms with van der Waals surface area (Å²) >= 11 is 1.94. The minimum atomic E-state index is -0.00200. The molecule has 0 unspecified atom stereocenters. The van der Waals surface area contributed by atoms with Crippen LogP contribution in [-0.2, 0) is 5.41 Å². The van der Waals surface area contributed by atoms with Crippen molar-refractivity contribution in [3.8, 4) is 44.5 Å². The van der Waals surface area contributed by atoms with Crippen LogP contribution >= 0.6 is 11.3 Å². The quantitative estimate of drug-likeness (QED) is 0.163. The molecule has 0 fully saturated rings. The lowest BCUT2D eigenvalue weighted by molar-refractivity contribution is 0.661. The summed E-state index contributed by atoms with van der Waals surface area (Å²) in [4.78, 5) is 0. The third kappa shape index (κ3) is 4.61. The van der Waals surface area contributed by atoms with Crippen molar-refractivity contribution >= 4 is 85.8 Å². The van der Waals surface area contributed by atoms with E-state index in [9.17, 15) is 0 Å². The van der Waals surface area contributed by atoms with Crippen molar-refractivity contribution in [2.45, 2.75) is 19.3 Å². The molecule has 276 valence electrons. The van der Waals surface area contributed by atoms with Crippen LogP contribution < -0.4 is 0 Å². The predicted octanol–water partition coefficient (Wildman–Crippen LogP) is 16.7. The number of furan rings is 1. The molecule has 0 aliphatic heterocycles. The zero-order valence-corrected chi connectivity index (χ0v) is 33.5. The van der Waals surface area contributed by atoms with Crippen LogP contribution in [0.15, 0.2) is 186 Å². The normalized spacial score (nSPS) is 13.4. The summed E-state index contributed by atoms with van der Waals surface area (Å²) in [6.07, 6.45) is 0. The van der Waals surface area contributed by atoms with Crippen LogP contribution in [0.5, 0.6) is 0 Å². The Labute approximate surface area is 345 Å². The van der Waals surface area contributed by atoms with Crippen LogP contribution in [0.4, 0.5) is 0 Å². The molecule has 13 rings (SSSR count). The Morgan fingerprint density at radius 1 is 0.390 bits per heavy atom. The number of para-hydroxylation sites is 1. The van der Waals surface area contributed by atoms with Gasteiger partial charge in [0.25, 0.3) is 0 Å². The van der Waals surface area contributed by atoms with Crippen molar-refractivity contribution in [3.63, 3.8) is 0 Å². The van der Waals surface area contributed by atoms with Gasteiger partial charge in [-0.25, -0.2) is 0 Å². The first-order valence-corrected chi connectivity index (χ1v) is 21.3. The number of hydrogen-bond acceptors (Lipinski definition) is 2. The highest BCUT2D eigenvalue weighted by Gasteiger charge is 2.35. The second-order valence-corrected chi connectivity index (χ2v) is 17.8. The highest BCUT2D eigenvalue weighted by Crippen LogP contribution is 2.52. The summed E-state index contributed by atoms with van der Waals surface area (Å²) in [7, 11) is 0. The van der Waals surface area contributed by atoms with E-state index in [1.165, 1.54) is 108 Å². The van der Waals surface area contributed by atoms with Gasteiger partial charge in [0, 0.05) is 36.4 Å². The van der Waals surface area contributed by atoms with E-state index in [-0.39, 0.29) is 5.41 Å². The fraction of sp³-hybridized carbons (Fsp3) is 0.0526. The van der Waals surface area contributed by atoms with Crippen molar-refractivity contribution in [2.24, 2.45) is 0 Å². The molecule has 12 aromatic rings. The molecule has 1 nitrogen and oxygen atoms in total. The maximum Gasteiger partial charge on any atom is 0.136 e. The van der Waals surface area contributed by atoms with Gasteiger partial charge >= 0.3 is 0 Å². The fourth-order valence-corrected chi connectivity index (χ4v) is 11.7. The second kappa shape index (κ2) is 12.0. The van der Waals surface area contributed by atoms with E-state index in [0.717, 1.165) is 21.9 Å². The Morgan fingerprint density at radius 3 is 1.78 bits per heavy atom. The molecule has 0 radical (unpaired) electrons. The topological polar surface area (TPSA) is 13.1 Å². The standard InChI is InChI=1S/C57H36OS/c1-57(2)48-19-9-7-12-38(48)46-31-47-43-29-27-36-30-35(26-28-37(36)56(43)59-52(47)32-49(46)57)33-22-24-34(25-23-33)53-39-13-3-5-15-41(39)54(42-16-6-4-14-40(42)53)45-18-11-21-51-55(45)44-17-8-10-20-50(44)58-51/h3-32H,1-2H3. The third-order valence-corrected chi connectivity index (χ3v) is 14.5. The lowest BCUT2D eigenvalue weighted by Crippen LogP contribution is -2.14. The van der Waals surface area contributed by atoms with Gasteiger partial charge in [-0.3, -0.25) is 0 Å². The summed E-state index contributed by atoms with van der Waals surface area (Å²) in [6, 6.07) is 67.4. The van der Waals surface area contributed by atoms with Gasteiger partial charge in [0.1, 0.15) is 11.2 Å². The van der Waals surface area contributed by atoms with Gasteiger partial charge in [-0.1, -0.05) is 166 Å². The molecule has 1 aliphatic carbocycles. The third-order valence-electron chi connectivity index (χ3n) is 13.3. The lowest BCUT2D eigenvalue weighted by atomic mass is 9.82. The molecular weight excluding hydrogens is 733 g/mol. The highest BCUT2D eigenvalue weighted by molar-refractivity contribution is 7.26. The Morgan fingerprint density at radius 2 is 1.00 bits per heavy atom. The summed E-state index contributed by atoms with van der Waals surface area (Å²) in [5.41, 5.74) is 14.8. The van der Waals surface area contributed by atoms with Crippen LogP contribution in [0.3, 0.4) is 0 Å². The van der Waals surface area contributed by atoms with E-state index in [0.29, 0.717) is 0 Å². The molecule has 0 atom stereocenters. The molecule has 0 amide bonds. The molecular formula is C57H36OS. The summed E-state index contributed by atoms with van der Waals surface area (Å²) in [5.74, 6) is 0. The second-order valence-electron chi connectivity index (χ2n) is 16.7. The van der Waals surface area contributed by atoms with Crippen molar-refractivity contribution < 1.29 is 4.42 Å². The van der Waals surface area contributed by atoms with Gasteiger partial charge in [-0.05, 0) is 118 Å². The molecule has 2 aromatic heterocycles. The predicted molar refractivity (Wildman–Crippen MR) is 253 cm³/mol. The molecule has 0 saturated carbocycles. The largest absolute Gasteiger partial charge is 0.456 e. The molecule has 0 N–H and O–H groups in total. The van der Waals surface area contributed by atoms with Gasteiger partial charge < -0.3 is 4.42 Å². The van der Waals surface area contributed by atoms with E-state index in [2.05, 4.69) is 190 Å². The number of benzene rings is 10. The number of thiophene rings is 1. The lowest BCUT2D eigenvalue weighted by Gasteiger charge is -2.21. The molecule has 59 heavy (non-hydrogen) atoms. The Hall–Kier alpha value is -7.00. The molecule has 2 heterocycles. The van der Waals surface area contributed by atoms with E-state index in [1.807, 2.05) is 17.4 Å². The number of fused-ring (bicyclic) bond motifs is 13. The van der Waals surface area contributed by atoms with E-state index in [4.69, 9.17) is 4.42 Å². The summed E-state index contributed by atoms with van der Waals surface area (Å²) in [5, 5.41) is 12.6. The summed E-state index contributed by atoms with van der Waals surface area (Å²) < 4.78 is 9.10. The zero-order chi connectivity index (χ0) is 39.0. The van der Waals surface area contributed by atoms with Gasteiger partial charge in [0.15, 0.2) is 0 Å². The maximum atomic E-state index is 6.36. The van der Waals surface area contributed by atoms with Crippen molar-refractivity contribution in [1.82, 2.24) is 0 Å². The summed E-state index contributed by atoms with van der Waals surface area (Å²) in [6.45, 7) is 4.73. The molecule has 10 aromatic carbocycles. The molecule has 1 aliphatic rings. The minimum absolute atomic E-state index is 0.00200. The van der Waals surface area contributed by atoms with E-state index in [1.54, 1.807) is 0 Å². The SMILES string of the molecule is CC1(C)c2ccccc2-c2cc3c(cc21)sc1c2ccc(-c4ccc(-c5c6ccccc6c(-c6cccc7oc8ccccc8c67)c6ccccc56)cc4)cc2ccc31. The van der Waals surface area contributed by atoms with Gasteiger partial charge in [-0.2, -0.15) is 0 Å². The molecule has 0 spiro atoms. The highest BCUT2D eigenvalue weighted by atomic mass is 32.1. The first-order chi connectivity index (χ1) is 29.0. The average Bonchev–Trinajstić information content (AvgIpc) is 3.92. The maximum absolute atomic E-state index is 6.36. The van der Waals surface area contributed by atoms with Crippen molar-refractivity contribution in [1.29, 1.82) is 0 Å².